The second-order valence-corrected chi connectivity index (χ2v) is 12.8. The zero-order valence-electron chi connectivity index (χ0n) is 25.2. The zero-order valence-corrected chi connectivity index (χ0v) is 25.2. The Morgan fingerprint density at radius 1 is 1.07 bits per heavy atom. The van der Waals surface area contributed by atoms with Crippen LogP contribution in [0.25, 0.3) is 0 Å². The summed E-state index contributed by atoms with van der Waals surface area (Å²) in [6.45, 7) is 14.9. The van der Waals surface area contributed by atoms with Crippen LogP contribution in [0, 0.1) is 5.92 Å². The van der Waals surface area contributed by atoms with Gasteiger partial charge < -0.3 is 19.7 Å². The maximum absolute atomic E-state index is 12.6. The van der Waals surface area contributed by atoms with Crippen LogP contribution in [0.15, 0.2) is 30.5 Å². The number of anilines is 2. The van der Waals surface area contributed by atoms with E-state index < -0.39 is 5.60 Å². The van der Waals surface area contributed by atoms with Crippen LogP contribution < -0.4 is 10.2 Å². The molecule has 2 aliphatic heterocycles. The zero-order chi connectivity index (χ0) is 29.3. The molecule has 10 heteroatoms. The van der Waals surface area contributed by atoms with Crippen molar-refractivity contribution in [2.24, 2.45) is 5.92 Å². The molecular formula is C31H44N6O4. The van der Waals surface area contributed by atoms with E-state index in [2.05, 4.69) is 51.4 Å². The molecule has 2 fully saturated rings. The molecule has 2 aromatic rings. The molecule has 5 rings (SSSR count). The SMILES string of the molecule is CC(C)N1C(=O)OCc2cnc(N[C@@H](C)c3ccc(C(CC4CC4)N4CCN(C(=O)OC(C)(C)C)CC4)cc3)nc21. The second-order valence-electron chi connectivity index (χ2n) is 12.8. The van der Waals surface area contributed by atoms with Gasteiger partial charge in [-0.25, -0.2) is 14.6 Å². The number of carbonyl (C=O) groups is 2. The minimum absolute atomic E-state index is 0.0237. The normalized spacial score (nSPS) is 19.4. The molecule has 1 unspecified atom stereocenters. The van der Waals surface area contributed by atoms with Gasteiger partial charge in [-0.2, -0.15) is 4.98 Å². The number of benzene rings is 1. The van der Waals surface area contributed by atoms with Gasteiger partial charge in [0, 0.05) is 44.5 Å². The third-order valence-corrected chi connectivity index (χ3v) is 7.96. The van der Waals surface area contributed by atoms with Gasteiger partial charge >= 0.3 is 12.2 Å². The van der Waals surface area contributed by atoms with Gasteiger partial charge in [0.15, 0.2) is 0 Å². The predicted octanol–water partition coefficient (Wildman–Crippen LogP) is 5.91. The van der Waals surface area contributed by atoms with E-state index in [0.29, 0.717) is 30.9 Å². The van der Waals surface area contributed by atoms with Crippen LogP contribution in [-0.2, 0) is 16.1 Å². The Balaban J connectivity index is 1.24. The van der Waals surface area contributed by atoms with Gasteiger partial charge in [-0.15, -0.1) is 0 Å². The number of amides is 2. The molecule has 3 heterocycles. The number of nitrogens with one attached hydrogen (secondary N) is 1. The molecule has 0 spiro atoms. The van der Waals surface area contributed by atoms with Crippen molar-refractivity contribution >= 4 is 24.0 Å². The smallest absolute Gasteiger partial charge is 0.416 e. The Morgan fingerprint density at radius 2 is 1.73 bits per heavy atom. The fourth-order valence-corrected chi connectivity index (χ4v) is 5.52. The van der Waals surface area contributed by atoms with E-state index in [1.165, 1.54) is 18.4 Å². The van der Waals surface area contributed by atoms with E-state index in [4.69, 9.17) is 9.47 Å². The minimum atomic E-state index is -0.481. The lowest BCUT2D eigenvalue weighted by Crippen LogP contribution is -2.50. The number of ether oxygens (including phenoxy) is 2. The van der Waals surface area contributed by atoms with Crippen LogP contribution in [0.5, 0.6) is 0 Å². The molecule has 1 saturated heterocycles. The van der Waals surface area contributed by atoms with Gasteiger partial charge in [0.1, 0.15) is 18.0 Å². The van der Waals surface area contributed by atoms with E-state index in [1.54, 1.807) is 11.1 Å². The highest BCUT2D eigenvalue weighted by molar-refractivity contribution is 5.89. The minimum Gasteiger partial charge on any atom is -0.444 e. The lowest BCUT2D eigenvalue weighted by Gasteiger charge is -2.40. The van der Waals surface area contributed by atoms with Crippen molar-refractivity contribution in [1.82, 2.24) is 19.8 Å². The average Bonchev–Trinajstić information content (AvgIpc) is 3.75. The van der Waals surface area contributed by atoms with E-state index in [0.717, 1.165) is 36.6 Å². The summed E-state index contributed by atoms with van der Waals surface area (Å²) >= 11 is 0. The maximum Gasteiger partial charge on any atom is 0.416 e. The van der Waals surface area contributed by atoms with Gasteiger partial charge in [-0.05, 0) is 65.0 Å². The van der Waals surface area contributed by atoms with Gasteiger partial charge in [0.25, 0.3) is 0 Å². The molecule has 2 atom stereocenters. The van der Waals surface area contributed by atoms with Gasteiger partial charge in [-0.3, -0.25) is 9.80 Å². The van der Waals surface area contributed by atoms with Gasteiger partial charge in [0.2, 0.25) is 5.95 Å². The number of aromatic nitrogens is 2. The number of hydrogen-bond donors (Lipinski definition) is 1. The molecule has 1 aromatic heterocycles. The molecule has 222 valence electrons. The van der Waals surface area contributed by atoms with Crippen molar-refractivity contribution < 1.29 is 19.1 Å². The standard InChI is InChI=1S/C31H44N6O4/c1-20(2)37-27-25(19-40-30(37)39)18-32-28(34-27)33-21(3)23-9-11-24(12-10-23)26(17-22-7-8-22)35-13-15-36(16-14-35)29(38)41-31(4,5)6/h9-12,18,20-22,26H,7-8,13-17,19H2,1-6H3,(H,32,33,34)/t21-,26?/m0/s1. The molecule has 10 nitrogen and oxygen atoms in total. The fourth-order valence-electron chi connectivity index (χ4n) is 5.52. The number of hydrogen-bond acceptors (Lipinski definition) is 8. The summed E-state index contributed by atoms with van der Waals surface area (Å²) in [6.07, 6.45) is 4.89. The molecule has 0 radical (unpaired) electrons. The lowest BCUT2D eigenvalue weighted by atomic mass is 9.96. The Hall–Kier alpha value is -3.40. The number of carbonyl (C=O) groups excluding carboxylic acids is 2. The lowest BCUT2D eigenvalue weighted by molar-refractivity contribution is 0.00941. The quantitative estimate of drug-likeness (QED) is 0.423. The predicted molar refractivity (Wildman–Crippen MR) is 158 cm³/mol. The molecule has 1 aliphatic carbocycles. The summed E-state index contributed by atoms with van der Waals surface area (Å²) in [7, 11) is 0. The highest BCUT2D eigenvalue weighted by Gasteiger charge is 2.34. The van der Waals surface area contributed by atoms with Crippen molar-refractivity contribution in [3.05, 3.63) is 47.2 Å². The summed E-state index contributed by atoms with van der Waals surface area (Å²) in [5.74, 6) is 1.87. The first-order valence-corrected chi connectivity index (χ1v) is 14.9. The number of rotatable bonds is 8. The molecule has 3 aliphatic rings. The topological polar surface area (TPSA) is 100 Å². The third kappa shape index (κ3) is 7.09. The molecular weight excluding hydrogens is 520 g/mol. The number of piperazine rings is 1. The summed E-state index contributed by atoms with van der Waals surface area (Å²) in [4.78, 5) is 40.0. The van der Waals surface area contributed by atoms with Gasteiger partial charge in [0.05, 0.1) is 11.6 Å². The van der Waals surface area contributed by atoms with Crippen LogP contribution >= 0.6 is 0 Å². The van der Waals surface area contributed by atoms with Crippen LogP contribution in [0.3, 0.4) is 0 Å². The summed E-state index contributed by atoms with van der Waals surface area (Å²) in [5, 5.41) is 3.41. The van der Waals surface area contributed by atoms with Crippen LogP contribution in [0.2, 0.25) is 0 Å². The van der Waals surface area contributed by atoms with Crippen LogP contribution in [0.1, 0.15) is 89.6 Å². The third-order valence-electron chi connectivity index (χ3n) is 7.96. The molecule has 0 bridgehead atoms. The van der Waals surface area contributed by atoms with Gasteiger partial charge in [-0.1, -0.05) is 37.1 Å². The largest absolute Gasteiger partial charge is 0.444 e. The number of cyclic esters (lactones) is 1. The van der Waals surface area contributed by atoms with Crippen molar-refractivity contribution in [3.63, 3.8) is 0 Å². The number of nitrogens with zero attached hydrogens (tertiary/aromatic N) is 5. The monoisotopic (exact) mass is 564 g/mol. The van der Waals surface area contributed by atoms with Crippen molar-refractivity contribution in [2.45, 2.75) is 91.1 Å². The Kier molecular flexibility index (Phi) is 8.40. The average molecular weight is 565 g/mol. The first-order valence-electron chi connectivity index (χ1n) is 14.9. The summed E-state index contributed by atoms with van der Waals surface area (Å²) in [6, 6.07) is 9.09. The van der Waals surface area contributed by atoms with Crippen molar-refractivity contribution in [2.75, 3.05) is 36.4 Å². The van der Waals surface area contributed by atoms with E-state index in [9.17, 15) is 9.59 Å². The first kappa shape index (κ1) is 29.1. The molecule has 1 saturated carbocycles. The highest BCUT2D eigenvalue weighted by atomic mass is 16.6. The van der Waals surface area contributed by atoms with E-state index >= 15 is 0 Å². The van der Waals surface area contributed by atoms with Crippen LogP contribution in [0.4, 0.5) is 21.4 Å². The summed E-state index contributed by atoms with van der Waals surface area (Å²) < 4.78 is 10.9. The van der Waals surface area contributed by atoms with Crippen molar-refractivity contribution in [3.8, 4) is 0 Å². The highest BCUT2D eigenvalue weighted by Crippen LogP contribution is 2.40. The fraction of sp³-hybridized carbons (Fsp3) is 0.613. The summed E-state index contributed by atoms with van der Waals surface area (Å²) in [5.41, 5.74) is 2.77. The first-order chi connectivity index (χ1) is 19.5. The molecule has 1 N–H and O–H groups in total. The molecule has 41 heavy (non-hydrogen) atoms. The van der Waals surface area contributed by atoms with E-state index in [-0.39, 0.29) is 30.9 Å². The Morgan fingerprint density at radius 3 is 2.34 bits per heavy atom. The Bertz CT molecular complexity index is 1230. The number of fused-ring (bicyclic) bond motifs is 1. The van der Waals surface area contributed by atoms with E-state index in [1.807, 2.05) is 39.5 Å². The van der Waals surface area contributed by atoms with Crippen molar-refractivity contribution in [1.29, 1.82) is 0 Å². The maximum atomic E-state index is 12.6. The second kappa shape index (κ2) is 11.8. The van der Waals surface area contributed by atoms with Crippen LogP contribution in [-0.4, -0.2) is 69.8 Å². The molecule has 1 aromatic carbocycles. The Labute approximate surface area is 243 Å². The molecule has 2 amide bonds.